The maximum absolute atomic E-state index is 13.8. The monoisotopic (exact) mass is 472 g/mol. The first-order chi connectivity index (χ1) is 15.8. The Morgan fingerprint density at radius 1 is 1.18 bits per heavy atom. The molecule has 1 aromatic rings. The zero-order chi connectivity index (χ0) is 24.0. The van der Waals surface area contributed by atoms with Crippen LogP contribution in [0.15, 0.2) is 24.3 Å². The van der Waals surface area contributed by atoms with E-state index in [4.69, 9.17) is 12.2 Å². The number of nitrogens with zero attached hydrogens (tertiary/aromatic N) is 1. The smallest absolute Gasteiger partial charge is 0.230 e. The molecule has 1 saturated heterocycles. The molecule has 0 spiro atoms. The molecule has 0 aromatic heterocycles. The highest BCUT2D eigenvalue weighted by atomic mass is 32.1. The summed E-state index contributed by atoms with van der Waals surface area (Å²) in [5.41, 5.74) is 1.42. The zero-order valence-corrected chi connectivity index (χ0v) is 21.3. The van der Waals surface area contributed by atoms with Crippen LogP contribution in [0.4, 0.5) is 5.69 Å². The van der Waals surface area contributed by atoms with Gasteiger partial charge in [-0.2, -0.15) is 0 Å². The number of aliphatic hydroxyl groups is 1. The molecule has 2 unspecified atom stereocenters. The maximum Gasteiger partial charge on any atom is 0.230 e. The molecule has 0 radical (unpaired) electrons. The quantitative estimate of drug-likeness (QED) is 0.439. The first-order valence-electron chi connectivity index (χ1n) is 12.7. The molecule has 1 saturated carbocycles. The molecular formula is C27H40N2O3S. The van der Waals surface area contributed by atoms with Crippen LogP contribution in [0.3, 0.4) is 0 Å². The molecular weight excluding hydrogens is 432 g/mol. The first-order valence-corrected chi connectivity index (χ1v) is 13.1. The lowest BCUT2D eigenvalue weighted by atomic mass is 9.67. The van der Waals surface area contributed by atoms with Crippen molar-refractivity contribution in [3.05, 3.63) is 29.8 Å². The Morgan fingerprint density at radius 2 is 1.85 bits per heavy atom. The van der Waals surface area contributed by atoms with E-state index in [-0.39, 0.29) is 34.1 Å². The number of carbonyl (C=O) groups excluding carboxylic acids is 2. The molecule has 2 fully saturated rings. The second kappa shape index (κ2) is 11.5. The third-order valence-electron chi connectivity index (χ3n) is 8.11. The third kappa shape index (κ3) is 5.95. The van der Waals surface area contributed by atoms with Gasteiger partial charge in [0.05, 0.1) is 0 Å². The van der Waals surface area contributed by atoms with Crippen LogP contribution in [0.2, 0.25) is 0 Å². The minimum absolute atomic E-state index is 0.0122. The van der Waals surface area contributed by atoms with Crippen molar-refractivity contribution in [3.63, 3.8) is 0 Å². The van der Waals surface area contributed by atoms with Gasteiger partial charge in [0.2, 0.25) is 11.8 Å². The summed E-state index contributed by atoms with van der Waals surface area (Å²) in [4.78, 5) is 27.7. The van der Waals surface area contributed by atoms with Crippen molar-refractivity contribution in [2.45, 2.75) is 84.5 Å². The summed E-state index contributed by atoms with van der Waals surface area (Å²) in [6.45, 7) is 7.10. The normalized spacial score (nSPS) is 22.7. The van der Waals surface area contributed by atoms with Crippen molar-refractivity contribution in [2.75, 3.05) is 18.4 Å². The summed E-state index contributed by atoms with van der Waals surface area (Å²) in [7, 11) is 0. The molecule has 2 N–H and O–H groups in total. The van der Waals surface area contributed by atoms with Gasteiger partial charge in [-0.1, -0.05) is 64.2 Å². The Balaban J connectivity index is 1.90. The topological polar surface area (TPSA) is 69.6 Å². The second-order valence-corrected chi connectivity index (χ2v) is 10.5. The SMILES string of the molecule is CCC(CC)CC1(C(=O)Nc2ccccc2C2CN(C(C)=O)CCC2C(O)=S)CCCCC1. The molecule has 0 bridgehead atoms. The lowest BCUT2D eigenvalue weighted by Gasteiger charge is -2.40. The van der Waals surface area contributed by atoms with Gasteiger partial charge in [0.25, 0.3) is 0 Å². The van der Waals surface area contributed by atoms with E-state index >= 15 is 0 Å². The van der Waals surface area contributed by atoms with Crippen LogP contribution >= 0.6 is 12.2 Å². The Morgan fingerprint density at radius 3 is 2.45 bits per heavy atom. The van der Waals surface area contributed by atoms with Gasteiger partial charge in [0.15, 0.2) is 5.05 Å². The van der Waals surface area contributed by atoms with Gasteiger partial charge in [-0.25, -0.2) is 0 Å². The van der Waals surface area contributed by atoms with Gasteiger partial charge in [0.1, 0.15) is 0 Å². The minimum atomic E-state index is -0.314. The van der Waals surface area contributed by atoms with Gasteiger partial charge >= 0.3 is 0 Å². The Bertz CT molecular complexity index is 846. The van der Waals surface area contributed by atoms with E-state index < -0.39 is 0 Å². The molecule has 3 rings (SSSR count). The minimum Gasteiger partial charge on any atom is -0.502 e. The molecule has 2 amide bonds. The number of amides is 2. The highest BCUT2D eigenvalue weighted by Crippen LogP contribution is 2.44. The number of likely N-dealkylation sites (tertiary alicyclic amines) is 1. The fraction of sp³-hybridized carbons (Fsp3) is 0.667. The molecule has 1 aromatic carbocycles. The summed E-state index contributed by atoms with van der Waals surface area (Å²) in [6.07, 6.45) is 9.07. The van der Waals surface area contributed by atoms with Crippen molar-refractivity contribution in [2.24, 2.45) is 17.3 Å². The number of para-hydroxylation sites is 1. The Hall–Kier alpha value is -1.95. The van der Waals surface area contributed by atoms with Crippen molar-refractivity contribution in [1.82, 2.24) is 4.90 Å². The number of piperidine rings is 1. The lowest BCUT2D eigenvalue weighted by Crippen LogP contribution is -2.44. The van der Waals surface area contributed by atoms with Crippen molar-refractivity contribution in [1.29, 1.82) is 0 Å². The molecule has 6 heteroatoms. The van der Waals surface area contributed by atoms with E-state index in [2.05, 4.69) is 19.2 Å². The standard InChI is InChI=1S/C27H40N2O3S/c1-4-20(5-2)17-27(14-9-6-10-15-27)26(32)28-24-12-8-7-11-21(24)23-18-29(19(3)30)16-13-22(23)25(31)33/h7-8,11-12,20,22-23H,4-6,9-10,13-18H2,1-3H3,(H,28,32)(H,31,33). The fourth-order valence-electron chi connectivity index (χ4n) is 5.92. The highest BCUT2D eigenvalue weighted by molar-refractivity contribution is 7.80. The number of aliphatic hydroxyl groups excluding tert-OH is 1. The van der Waals surface area contributed by atoms with Gasteiger partial charge < -0.3 is 15.3 Å². The van der Waals surface area contributed by atoms with Crippen LogP contribution in [-0.4, -0.2) is 40.0 Å². The molecule has 1 heterocycles. The van der Waals surface area contributed by atoms with E-state index in [0.29, 0.717) is 25.4 Å². The van der Waals surface area contributed by atoms with Gasteiger partial charge in [0, 0.05) is 43.0 Å². The van der Waals surface area contributed by atoms with Crippen molar-refractivity contribution < 1.29 is 14.7 Å². The zero-order valence-electron chi connectivity index (χ0n) is 20.4. The number of hydrogen-bond donors (Lipinski definition) is 2. The van der Waals surface area contributed by atoms with Crippen LogP contribution in [0.5, 0.6) is 0 Å². The maximum atomic E-state index is 13.8. The van der Waals surface area contributed by atoms with E-state index in [0.717, 1.165) is 56.2 Å². The number of carbonyl (C=O) groups is 2. The Labute approximate surface area is 204 Å². The van der Waals surface area contributed by atoms with Crippen LogP contribution in [0.1, 0.15) is 90.0 Å². The van der Waals surface area contributed by atoms with Gasteiger partial charge in [-0.15, -0.1) is 0 Å². The van der Waals surface area contributed by atoms with Gasteiger partial charge in [-0.3, -0.25) is 9.59 Å². The summed E-state index contributed by atoms with van der Waals surface area (Å²) in [5, 5.41) is 13.5. The summed E-state index contributed by atoms with van der Waals surface area (Å²) in [5.74, 6) is 0.363. The lowest BCUT2D eigenvalue weighted by molar-refractivity contribution is -0.130. The van der Waals surface area contributed by atoms with E-state index in [9.17, 15) is 14.7 Å². The highest BCUT2D eigenvalue weighted by Gasteiger charge is 2.41. The average Bonchev–Trinajstić information content (AvgIpc) is 2.83. The molecule has 33 heavy (non-hydrogen) atoms. The van der Waals surface area contributed by atoms with Gasteiger partial charge in [-0.05, 0) is 55.4 Å². The van der Waals surface area contributed by atoms with Crippen molar-refractivity contribution >= 4 is 34.8 Å². The Kier molecular flexibility index (Phi) is 8.91. The molecule has 2 atom stereocenters. The van der Waals surface area contributed by atoms with Crippen molar-refractivity contribution in [3.8, 4) is 0 Å². The van der Waals surface area contributed by atoms with E-state index in [1.807, 2.05) is 29.2 Å². The third-order valence-corrected chi connectivity index (χ3v) is 8.41. The number of anilines is 1. The van der Waals surface area contributed by atoms with Crippen LogP contribution in [-0.2, 0) is 9.59 Å². The van der Waals surface area contributed by atoms with Crippen LogP contribution < -0.4 is 5.32 Å². The molecule has 2 aliphatic rings. The number of rotatable bonds is 8. The number of thiocarbonyl (C=S) groups is 1. The first kappa shape index (κ1) is 25.7. The molecule has 182 valence electrons. The predicted octanol–water partition coefficient (Wildman–Crippen LogP) is 6.24. The second-order valence-electron chi connectivity index (χ2n) is 10.1. The summed E-state index contributed by atoms with van der Waals surface area (Å²) < 4.78 is 0. The largest absolute Gasteiger partial charge is 0.502 e. The molecule has 5 nitrogen and oxygen atoms in total. The molecule has 1 aliphatic carbocycles. The van der Waals surface area contributed by atoms with Crippen LogP contribution in [0.25, 0.3) is 0 Å². The van der Waals surface area contributed by atoms with E-state index in [1.54, 1.807) is 6.92 Å². The number of nitrogens with one attached hydrogen (secondary N) is 1. The number of benzene rings is 1. The van der Waals surface area contributed by atoms with E-state index in [1.165, 1.54) is 6.42 Å². The van der Waals surface area contributed by atoms with Crippen LogP contribution in [0, 0.1) is 17.3 Å². The summed E-state index contributed by atoms with van der Waals surface area (Å²) >= 11 is 5.19. The average molecular weight is 473 g/mol. The summed E-state index contributed by atoms with van der Waals surface area (Å²) in [6, 6.07) is 7.84. The number of hydrogen-bond acceptors (Lipinski definition) is 3. The fourth-order valence-corrected chi connectivity index (χ4v) is 6.20. The predicted molar refractivity (Wildman–Crippen MR) is 138 cm³/mol. The molecule has 1 aliphatic heterocycles.